The van der Waals surface area contributed by atoms with Crippen LogP contribution in [0.1, 0.15) is 6.92 Å². The monoisotopic (exact) mass is 328 g/mol. The summed E-state index contributed by atoms with van der Waals surface area (Å²) in [4.78, 5) is 13.6. The van der Waals surface area contributed by atoms with E-state index in [0.29, 0.717) is 19.1 Å². The summed E-state index contributed by atoms with van der Waals surface area (Å²) in [6, 6.07) is 0.353. The van der Waals surface area contributed by atoms with E-state index in [1.54, 1.807) is 4.90 Å². The Morgan fingerprint density at radius 1 is 1.60 bits per heavy atom. The van der Waals surface area contributed by atoms with Gasteiger partial charge in [-0.25, -0.2) is 7.50 Å². The van der Waals surface area contributed by atoms with Crippen LogP contribution in [-0.2, 0) is 9.53 Å². The Morgan fingerprint density at radius 2 is 2.33 bits per heavy atom. The SMILES string of the molecule is CC1CN(C(=O)C2OC2CF)CCN1I. The maximum atomic E-state index is 12.2. The largest absolute Gasteiger partial charge is 0.356 e. The van der Waals surface area contributed by atoms with Gasteiger partial charge in [-0.3, -0.25) is 4.79 Å². The van der Waals surface area contributed by atoms with Crippen molar-refractivity contribution in [2.24, 2.45) is 0 Å². The fourth-order valence-electron chi connectivity index (χ4n) is 1.79. The van der Waals surface area contributed by atoms with Crippen LogP contribution in [0.4, 0.5) is 4.39 Å². The maximum absolute atomic E-state index is 12.2. The molecule has 0 aliphatic carbocycles. The lowest BCUT2D eigenvalue weighted by Gasteiger charge is -2.36. The topological polar surface area (TPSA) is 36.1 Å². The number of hydrogen-bond acceptors (Lipinski definition) is 3. The van der Waals surface area contributed by atoms with E-state index in [0.717, 1.165) is 6.54 Å². The number of epoxide rings is 1. The average Bonchev–Trinajstić information content (AvgIpc) is 3.00. The Morgan fingerprint density at radius 3 is 2.87 bits per heavy atom. The number of amides is 1. The number of carbonyl (C=O) groups is 1. The second-order valence-electron chi connectivity index (χ2n) is 4.01. The van der Waals surface area contributed by atoms with Gasteiger partial charge in [0.05, 0.1) is 0 Å². The first-order valence-corrected chi connectivity index (χ1v) is 6.02. The van der Waals surface area contributed by atoms with Gasteiger partial charge in [-0.05, 0) is 6.92 Å². The van der Waals surface area contributed by atoms with Crippen LogP contribution in [0.25, 0.3) is 0 Å². The van der Waals surface area contributed by atoms with E-state index in [2.05, 4.69) is 32.9 Å². The lowest BCUT2D eigenvalue weighted by Crippen LogP contribution is -2.51. The molecule has 0 spiro atoms. The maximum Gasteiger partial charge on any atom is 0.254 e. The lowest BCUT2D eigenvalue weighted by atomic mass is 10.2. The molecular weight excluding hydrogens is 314 g/mol. The minimum atomic E-state index is -0.557. The molecule has 0 bridgehead atoms. The molecule has 2 heterocycles. The minimum absolute atomic E-state index is 0.0472. The number of hydrogen-bond donors (Lipinski definition) is 0. The Balaban J connectivity index is 1.87. The predicted octanol–water partition coefficient (Wildman–Crippen LogP) is 0.606. The molecule has 2 fully saturated rings. The highest BCUT2D eigenvalue weighted by Crippen LogP contribution is 2.26. The van der Waals surface area contributed by atoms with Gasteiger partial charge >= 0.3 is 0 Å². The highest BCUT2D eigenvalue weighted by molar-refractivity contribution is 14.1. The van der Waals surface area contributed by atoms with Crippen LogP contribution >= 0.6 is 22.9 Å². The van der Waals surface area contributed by atoms with Crippen molar-refractivity contribution in [2.75, 3.05) is 26.3 Å². The molecule has 3 unspecified atom stereocenters. The van der Waals surface area contributed by atoms with E-state index in [1.807, 2.05) is 0 Å². The molecule has 4 nitrogen and oxygen atoms in total. The van der Waals surface area contributed by atoms with Crippen molar-refractivity contribution in [3.63, 3.8) is 0 Å². The Hall–Kier alpha value is 0.0500. The highest BCUT2D eigenvalue weighted by atomic mass is 127. The summed E-state index contributed by atoms with van der Waals surface area (Å²) in [6.45, 7) is 3.80. The molecule has 2 saturated heterocycles. The summed E-state index contributed by atoms with van der Waals surface area (Å²) in [6.07, 6.45) is -0.992. The lowest BCUT2D eigenvalue weighted by molar-refractivity contribution is -0.134. The van der Waals surface area contributed by atoms with Crippen molar-refractivity contribution < 1.29 is 13.9 Å². The molecule has 86 valence electrons. The molecule has 1 amide bonds. The zero-order chi connectivity index (χ0) is 11.0. The fourth-order valence-corrected chi connectivity index (χ4v) is 2.18. The van der Waals surface area contributed by atoms with Crippen LogP contribution in [0.5, 0.6) is 0 Å². The van der Waals surface area contributed by atoms with E-state index in [-0.39, 0.29) is 5.91 Å². The zero-order valence-electron chi connectivity index (χ0n) is 8.53. The normalized spacial score (nSPS) is 36.7. The standard InChI is InChI=1S/C9H14FIN2O2/c1-6-5-12(2-3-13(6)11)9(14)8-7(4-10)15-8/h6-8H,2-5H2,1H3. The molecule has 3 atom stereocenters. The number of nitrogens with zero attached hydrogens (tertiary/aromatic N) is 2. The number of alkyl halides is 1. The third-order valence-electron chi connectivity index (χ3n) is 2.84. The fraction of sp³-hybridized carbons (Fsp3) is 0.889. The van der Waals surface area contributed by atoms with Gasteiger partial charge in [-0.2, -0.15) is 0 Å². The van der Waals surface area contributed by atoms with Crippen LogP contribution < -0.4 is 0 Å². The van der Waals surface area contributed by atoms with Crippen molar-refractivity contribution in [1.29, 1.82) is 0 Å². The van der Waals surface area contributed by atoms with Gasteiger partial charge in [0.1, 0.15) is 12.8 Å². The first-order valence-electron chi connectivity index (χ1n) is 5.06. The number of piperazine rings is 1. The third-order valence-corrected chi connectivity index (χ3v) is 4.27. The van der Waals surface area contributed by atoms with Crippen LogP contribution in [0.2, 0.25) is 0 Å². The van der Waals surface area contributed by atoms with Crippen molar-refractivity contribution >= 4 is 28.8 Å². The Bertz CT molecular complexity index is 266. The van der Waals surface area contributed by atoms with Crippen LogP contribution in [0.15, 0.2) is 0 Å². The van der Waals surface area contributed by atoms with Gasteiger partial charge in [-0.1, -0.05) is 0 Å². The van der Waals surface area contributed by atoms with E-state index < -0.39 is 18.9 Å². The minimum Gasteiger partial charge on any atom is -0.356 e. The van der Waals surface area contributed by atoms with Crippen molar-refractivity contribution in [3.05, 3.63) is 0 Å². The molecule has 0 N–H and O–H groups in total. The number of rotatable bonds is 2. The third kappa shape index (κ3) is 2.42. The second kappa shape index (κ2) is 4.50. The van der Waals surface area contributed by atoms with Crippen molar-refractivity contribution in [2.45, 2.75) is 25.2 Å². The van der Waals surface area contributed by atoms with Crippen molar-refractivity contribution in [3.8, 4) is 0 Å². The Labute approximate surface area is 102 Å². The summed E-state index contributed by atoms with van der Waals surface area (Å²) in [5.41, 5.74) is 0. The van der Waals surface area contributed by atoms with Crippen molar-refractivity contribution in [1.82, 2.24) is 8.01 Å². The summed E-state index contributed by atoms with van der Waals surface area (Å²) in [7, 11) is 0. The van der Waals surface area contributed by atoms with Crippen LogP contribution in [-0.4, -0.2) is 58.5 Å². The highest BCUT2D eigenvalue weighted by Gasteiger charge is 2.47. The van der Waals surface area contributed by atoms with E-state index in [4.69, 9.17) is 4.74 Å². The first-order chi connectivity index (χ1) is 7.13. The molecule has 2 aliphatic rings. The summed E-state index contributed by atoms with van der Waals surface area (Å²) < 4.78 is 19.3. The van der Waals surface area contributed by atoms with E-state index in [9.17, 15) is 9.18 Å². The van der Waals surface area contributed by atoms with Gasteiger partial charge < -0.3 is 9.64 Å². The second-order valence-corrected chi connectivity index (χ2v) is 5.25. The predicted molar refractivity (Wildman–Crippen MR) is 61.4 cm³/mol. The molecule has 0 saturated carbocycles. The summed E-state index contributed by atoms with van der Waals surface area (Å²) >= 11 is 2.26. The number of ether oxygens (including phenoxy) is 1. The number of halogens is 2. The van der Waals surface area contributed by atoms with Gasteiger partial charge in [-0.15, -0.1) is 0 Å². The van der Waals surface area contributed by atoms with Gasteiger partial charge in [0, 0.05) is 48.5 Å². The molecule has 6 heteroatoms. The quantitative estimate of drug-likeness (QED) is 0.423. The molecule has 15 heavy (non-hydrogen) atoms. The number of carbonyl (C=O) groups excluding carboxylic acids is 1. The van der Waals surface area contributed by atoms with Crippen LogP contribution in [0, 0.1) is 0 Å². The molecule has 0 radical (unpaired) electrons. The van der Waals surface area contributed by atoms with E-state index >= 15 is 0 Å². The van der Waals surface area contributed by atoms with E-state index in [1.165, 1.54) is 0 Å². The average molecular weight is 328 g/mol. The summed E-state index contributed by atoms with van der Waals surface area (Å²) in [5, 5.41) is 0. The molecular formula is C9H14FIN2O2. The smallest absolute Gasteiger partial charge is 0.254 e. The van der Waals surface area contributed by atoms with Gasteiger partial charge in [0.25, 0.3) is 5.91 Å². The summed E-state index contributed by atoms with van der Waals surface area (Å²) in [5.74, 6) is -0.0472. The zero-order valence-corrected chi connectivity index (χ0v) is 10.7. The van der Waals surface area contributed by atoms with Gasteiger partial charge in [0.2, 0.25) is 0 Å². The molecule has 2 aliphatic heterocycles. The molecule has 0 aromatic rings. The molecule has 0 aromatic carbocycles. The molecule has 2 rings (SSSR count). The Kier molecular flexibility index (Phi) is 3.46. The molecule has 0 aromatic heterocycles. The first kappa shape index (κ1) is 11.5. The van der Waals surface area contributed by atoms with Crippen LogP contribution in [0.3, 0.4) is 0 Å². The van der Waals surface area contributed by atoms with Gasteiger partial charge in [0.15, 0.2) is 6.10 Å².